The fourth-order valence-corrected chi connectivity index (χ4v) is 2.87. The van der Waals surface area contributed by atoms with E-state index in [-0.39, 0.29) is 11.8 Å². The molecule has 3 rings (SSSR count). The first kappa shape index (κ1) is 14.9. The summed E-state index contributed by atoms with van der Waals surface area (Å²) in [6.45, 7) is 0.840. The van der Waals surface area contributed by atoms with E-state index in [2.05, 4.69) is 4.98 Å². The first-order chi connectivity index (χ1) is 10.6. The summed E-state index contributed by atoms with van der Waals surface area (Å²) in [5.74, 6) is -0.644. The van der Waals surface area contributed by atoms with Gasteiger partial charge in [0.25, 0.3) is 0 Å². The molecule has 1 fully saturated rings. The van der Waals surface area contributed by atoms with Crippen LogP contribution in [0.4, 0.5) is 4.39 Å². The average Bonchev–Trinajstić information content (AvgIpc) is 2.87. The maximum absolute atomic E-state index is 13.2. The van der Waals surface area contributed by atoms with Gasteiger partial charge in [0.05, 0.1) is 24.4 Å². The molecule has 0 bridgehead atoms. The zero-order valence-electron chi connectivity index (χ0n) is 12.2. The Morgan fingerprint density at radius 1 is 1.45 bits per heavy atom. The maximum Gasteiger partial charge on any atom is 0.323 e. The Morgan fingerprint density at radius 2 is 2.27 bits per heavy atom. The quantitative estimate of drug-likeness (QED) is 0.870. The van der Waals surface area contributed by atoms with Crippen LogP contribution in [0, 0.1) is 5.82 Å². The minimum Gasteiger partial charge on any atom is -0.468 e. The highest BCUT2D eigenvalue weighted by molar-refractivity contribution is 5.78. The highest BCUT2D eigenvalue weighted by atomic mass is 19.1. The Morgan fingerprint density at radius 3 is 3.05 bits per heavy atom. The standard InChI is InChI=1S/C16H17FN2O3/c1-22-16(21)15-7-13(20)9-19(15)8-12-4-2-10-6-11(17)3-5-14(10)18-12/h2-6,13,15,20H,7-9H2,1H3/t13-,15-/m0/s1. The van der Waals surface area contributed by atoms with Crippen LogP contribution >= 0.6 is 0 Å². The van der Waals surface area contributed by atoms with Crippen LogP contribution in [0.2, 0.25) is 0 Å². The number of pyridine rings is 1. The molecule has 0 radical (unpaired) electrons. The van der Waals surface area contributed by atoms with Crippen LogP contribution in [0.3, 0.4) is 0 Å². The number of likely N-dealkylation sites (tertiary alicyclic amines) is 1. The number of fused-ring (bicyclic) bond motifs is 1. The van der Waals surface area contributed by atoms with Crippen molar-refractivity contribution in [2.45, 2.75) is 25.1 Å². The van der Waals surface area contributed by atoms with Crippen LogP contribution in [-0.4, -0.2) is 46.8 Å². The summed E-state index contributed by atoms with van der Waals surface area (Å²) in [6, 6.07) is 7.59. The molecule has 1 aliphatic heterocycles. The van der Waals surface area contributed by atoms with E-state index in [1.54, 1.807) is 18.2 Å². The minimum atomic E-state index is -0.543. The number of carbonyl (C=O) groups excluding carboxylic acids is 1. The largest absolute Gasteiger partial charge is 0.468 e. The molecule has 0 saturated carbocycles. The lowest BCUT2D eigenvalue weighted by atomic mass is 10.2. The van der Waals surface area contributed by atoms with E-state index in [0.717, 1.165) is 11.1 Å². The van der Waals surface area contributed by atoms with E-state index in [1.807, 2.05) is 4.90 Å². The predicted molar refractivity (Wildman–Crippen MR) is 78.5 cm³/mol. The zero-order valence-corrected chi connectivity index (χ0v) is 12.2. The summed E-state index contributed by atoms with van der Waals surface area (Å²) in [5, 5.41) is 10.5. The lowest BCUT2D eigenvalue weighted by Gasteiger charge is -2.21. The SMILES string of the molecule is COC(=O)[C@@H]1C[C@H](O)CN1Cc1ccc2cc(F)ccc2n1. The van der Waals surface area contributed by atoms with Crippen molar-refractivity contribution in [3.8, 4) is 0 Å². The van der Waals surface area contributed by atoms with Gasteiger partial charge in [0.1, 0.15) is 11.9 Å². The summed E-state index contributed by atoms with van der Waals surface area (Å²) in [6.07, 6.45) is -0.176. The van der Waals surface area contributed by atoms with Crippen molar-refractivity contribution in [1.82, 2.24) is 9.88 Å². The number of methoxy groups -OCH3 is 1. The molecule has 1 saturated heterocycles. The van der Waals surface area contributed by atoms with E-state index in [9.17, 15) is 14.3 Å². The lowest BCUT2D eigenvalue weighted by Crippen LogP contribution is -2.36. The molecular weight excluding hydrogens is 287 g/mol. The number of aliphatic hydroxyl groups excluding tert-OH is 1. The summed E-state index contributed by atoms with van der Waals surface area (Å²) in [7, 11) is 1.34. The highest BCUT2D eigenvalue weighted by Gasteiger charge is 2.36. The van der Waals surface area contributed by atoms with Crippen LogP contribution in [0.15, 0.2) is 30.3 Å². The topological polar surface area (TPSA) is 62.7 Å². The molecule has 0 unspecified atom stereocenters. The van der Waals surface area contributed by atoms with Crippen LogP contribution in [0.1, 0.15) is 12.1 Å². The molecular formula is C16H17FN2O3. The van der Waals surface area contributed by atoms with Crippen LogP contribution < -0.4 is 0 Å². The number of halogens is 1. The fourth-order valence-electron chi connectivity index (χ4n) is 2.87. The minimum absolute atomic E-state index is 0.296. The van der Waals surface area contributed by atoms with Crippen molar-refractivity contribution < 1.29 is 19.0 Å². The number of rotatable bonds is 3. The molecule has 1 aliphatic rings. The summed E-state index contributed by atoms with van der Waals surface area (Å²) in [4.78, 5) is 18.1. The molecule has 1 aromatic carbocycles. The molecule has 2 aromatic rings. The number of hydrogen-bond acceptors (Lipinski definition) is 5. The number of carbonyl (C=O) groups is 1. The number of esters is 1. The summed E-state index contributed by atoms with van der Waals surface area (Å²) >= 11 is 0. The van der Waals surface area contributed by atoms with Crippen molar-refractivity contribution in [3.63, 3.8) is 0 Å². The molecule has 116 valence electrons. The number of benzene rings is 1. The van der Waals surface area contributed by atoms with Gasteiger partial charge in [-0.25, -0.2) is 4.39 Å². The molecule has 0 spiro atoms. The Hall–Kier alpha value is -2.05. The van der Waals surface area contributed by atoms with Crippen LogP contribution in [0.25, 0.3) is 10.9 Å². The summed E-state index contributed by atoms with van der Waals surface area (Å²) in [5.41, 5.74) is 1.47. The predicted octanol–water partition coefficient (Wildman–Crippen LogP) is 1.48. The van der Waals surface area contributed by atoms with Crippen molar-refractivity contribution >= 4 is 16.9 Å². The van der Waals surface area contributed by atoms with E-state index in [0.29, 0.717) is 25.0 Å². The summed E-state index contributed by atoms with van der Waals surface area (Å²) < 4.78 is 18.0. The van der Waals surface area contributed by atoms with Crippen molar-refractivity contribution in [3.05, 3.63) is 41.8 Å². The second-order valence-corrected chi connectivity index (χ2v) is 5.50. The van der Waals surface area contributed by atoms with Gasteiger partial charge in [-0.15, -0.1) is 0 Å². The smallest absolute Gasteiger partial charge is 0.323 e. The van der Waals surface area contributed by atoms with E-state index >= 15 is 0 Å². The van der Waals surface area contributed by atoms with Gasteiger partial charge >= 0.3 is 5.97 Å². The van der Waals surface area contributed by atoms with Crippen LogP contribution in [0.5, 0.6) is 0 Å². The molecule has 1 aromatic heterocycles. The molecule has 6 heteroatoms. The number of β-amino-alcohol motifs (C(OH)–C–C–N with tert-alkyl or cyclic N) is 1. The molecule has 22 heavy (non-hydrogen) atoms. The Balaban J connectivity index is 1.82. The van der Waals surface area contributed by atoms with Crippen molar-refractivity contribution in [2.24, 2.45) is 0 Å². The zero-order chi connectivity index (χ0) is 15.7. The Bertz CT molecular complexity index is 707. The van der Waals surface area contributed by atoms with Gasteiger partial charge in [-0.05, 0) is 24.3 Å². The van der Waals surface area contributed by atoms with Gasteiger partial charge < -0.3 is 9.84 Å². The van der Waals surface area contributed by atoms with Gasteiger partial charge in [-0.3, -0.25) is 14.7 Å². The van der Waals surface area contributed by atoms with Crippen molar-refractivity contribution in [1.29, 1.82) is 0 Å². The number of ether oxygens (including phenoxy) is 1. The van der Waals surface area contributed by atoms with E-state index in [1.165, 1.54) is 19.2 Å². The Labute approximate surface area is 127 Å². The van der Waals surface area contributed by atoms with Gasteiger partial charge in [-0.1, -0.05) is 6.07 Å². The first-order valence-corrected chi connectivity index (χ1v) is 7.12. The van der Waals surface area contributed by atoms with Gasteiger partial charge in [0.15, 0.2) is 0 Å². The monoisotopic (exact) mass is 304 g/mol. The molecule has 5 nitrogen and oxygen atoms in total. The molecule has 1 N–H and O–H groups in total. The maximum atomic E-state index is 13.2. The second-order valence-electron chi connectivity index (χ2n) is 5.50. The van der Waals surface area contributed by atoms with Crippen LogP contribution in [-0.2, 0) is 16.1 Å². The third kappa shape index (κ3) is 2.93. The molecule has 0 aliphatic carbocycles. The number of hydrogen-bond donors (Lipinski definition) is 1. The lowest BCUT2D eigenvalue weighted by molar-refractivity contribution is -0.146. The van der Waals surface area contributed by atoms with Crippen molar-refractivity contribution in [2.75, 3.05) is 13.7 Å². The van der Waals surface area contributed by atoms with Gasteiger partial charge in [0, 0.05) is 24.9 Å². The van der Waals surface area contributed by atoms with E-state index < -0.39 is 12.1 Å². The average molecular weight is 304 g/mol. The normalized spacial score (nSPS) is 22.1. The van der Waals surface area contributed by atoms with Gasteiger partial charge in [-0.2, -0.15) is 0 Å². The molecule has 2 atom stereocenters. The second kappa shape index (κ2) is 5.98. The fraction of sp³-hybridized carbons (Fsp3) is 0.375. The third-order valence-corrected chi connectivity index (χ3v) is 3.93. The third-order valence-electron chi connectivity index (χ3n) is 3.93. The first-order valence-electron chi connectivity index (χ1n) is 7.12. The van der Waals surface area contributed by atoms with E-state index in [4.69, 9.17) is 4.74 Å². The van der Waals surface area contributed by atoms with Gasteiger partial charge in [0.2, 0.25) is 0 Å². The molecule has 0 amide bonds. The number of aliphatic hydroxyl groups is 1. The number of aromatic nitrogens is 1. The molecule has 2 heterocycles. The Kier molecular flexibility index (Phi) is 4.04. The number of nitrogens with zero attached hydrogens (tertiary/aromatic N) is 2. The highest BCUT2D eigenvalue weighted by Crippen LogP contribution is 2.22.